The molecule has 1 atom stereocenters. The molecule has 102 valence electrons. The van der Waals surface area contributed by atoms with Crippen molar-refractivity contribution in [3.63, 3.8) is 0 Å². The van der Waals surface area contributed by atoms with E-state index in [9.17, 15) is 0 Å². The van der Waals surface area contributed by atoms with Crippen molar-refractivity contribution in [3.8, 4) is 5.75 Å². The van der Waals surface area contributed by atoms with Crippen LogP contribution in [0.2, 0.25) is 5.02 Å². The van der Waals surface area contributed by atoms with E-state index in [-0.39, 0.29) is 5.38 Å². The molecule has 0 aliphatic rings. The van der Waals surface area contributed by atoms with Gasteiger partial charge in [0.05, 0.1) is 25.2 Å². The molecule has 0 spiro atoms. The first kappa shape index (κ1) is 14.2. The van der Waals surface area contributed by atoms with E-state index >= 15 is 0 Å². The van der Waals surface area contributed by atoms with Crippen LogP contribution in [-0.2, 0) is 6.54 Å². The number of alkyl halides is 1. The fraction of sp³-hybridized carbons (Fsp3) is 0.385. The van der Waals surface area contributed by atoms with Gasteiger partial charge in [0, 0.05) is 10.6 Å². The van der Waals surface area contributed by atoms with Crippen LogP contribution in [0.4, 0.5) is 0 Å². The molecule has 0 N–H and O–H groups in total. The molecule has 2 rings (SSSR count). The van der Waals surface area contributed by atoms with Crippen LogP contribution in [0.5, 0.6) is 5.75 Å². The Hall–Kier alpha value is -1.26. The Kier molecular flexibility index (Phi) is 4.66. The fourth-order valence-electron chi connectivity index (χ4n) is 1.79. The minimum absolute atomic E-state index is 0.102. The predicted molar refractivity (Wildman–Crippen MR) is 76.0 cm³/mol. The molecule has 0 aliphatic carbocycles. The summed E-state index contributed by atoms with van der Waals surface area (Å²) in [6.45, 7) is 2.56. The second kappa shape index (κ2) is 6.26. The second-order valence-corrected chi connectivity index (χ2v) is 5.14. The number of aromatic nitrogens is 3. The molecule has 0 fully saturated rings. The van der Waals surface area contributed by atoms with Crippen molar-refractivity contribution >= 4 is 23.2 Å². The summed E-state index contributed by atoms with van der Waals surface area (Å²) in [7, 11) is 1.63. The maximum absolute atomic E-state index is 6.13. The quantitative estimate of drug-likeness (QED) is 0.791. The predicted octanol–water partition coefficient (Wildman–Crippen LogP) is 3.68. The molecule has 0 radical (unpaired) electrons. The van der Waals surface area contributed by atoms with Crippen molar-refractivity contribution in [3.05, 3.63) is 40.7 Å². The number of nitrogens with zero attached hydrogens (tertiary/aromatic N) is 3. The van der Waals surface area contributed by atoms with Gasteiger partial charge < -0.3 is 4.74 Å². The molecule has 1 heterocycles. The van der Waals surface area contributed by atoms with Gasteiger partial charge in [-0.15, -0.1) is 16.7 Å². The monoisotopic (exact) mass is 299 g/mol. The van der Waals surface area contributed by atoms with E-state index in [2.05, 4.69) is 10.3 Å². The van der Waals surface area contributed by atoms with Gasteiger partial charge in [0.15, 0.2) is 0 Å². The molecule has 0 saturated heterocycles. The maximum atomic E-state index is 6.13. The lowest BCUT2D eigenvalue weighted by molar-refractivity contribution is 0.407. The molecule has 1 aromatic heterocycles. The lowest BCUT2D eigenvalue weighted by Gasteiger charge is -2.08. The Morgan fingerprint density at radius 3 is 2.89 bits per heavy atom. The standard InChI is InChI=1S/C13H15Cl2N3O/c1-3-11(15)12-8-18(17-16-12)7-9-6-10(14)4-5-13(9)19-2/h4-6,8,11H,3,7H2,1-2H3. The van der Waals surface area contributed by atoms with Crippen LogP contribution in [0.25, 0.3) is 0 Å². The Balaban J connectivity index is 2.21. The first-order valence-corrected chi connectivity index (χ1v) is 6.82. The van der Waals surface area contributed by atoms with Gasteiger partial charge in [-0.1, -0.05) is 23.7 Å². The van der Waals surface area contributed by atoms with Crippen molar-refractivity contribution in [1.29, 1.82) is 0 Å². The third kappa shape index (κ3) is 3.39. The zero-order valence-corrected chi connectivity index (χ0v) is 12.3. The van der Waals surface area contributed by atoms with Gasteiger partial charge in [0.1, 0.15) is 11.4 Å². The van der Waals surface area contributed by atoms with Crippen LogP contribution in [0.3, 0.4) is 0 Å². The van der Waals surface area contributed by atoms with Gasteiger partial charge in [-0.05, 0) is 24.6 Å². The Labute approximate surface area is 122 Å². The molecular formula is C13H15Cl2N3O. The lowest BCUT2D eigenvalue weighted by Crippen LogP contribution is -2.02. The van der Waals surface area contributed by atoms with Crippen LogP contribution >= 0.6 is 23.2 Å². The highest BCUT2D eigenvalue weighted by Crippen LogP contribution is 2.24. The van der Waals surface area contributed by atoms with Crippen molar-refractivity contribution < 1.29 is 4.74 Å². The minimum atomic E-state index is -0.102. The van der Waals surface area contributed by atoms with Crippen molar-refractivity contribution in [2.45, 2.75) is 25.3 Å². The van der Waals surface area contributed by atoms with Crippen LogP contribution in [0, 0.1) is 0 Å². The van der Waals surface area contributed by atoms with Crippen LogP contribution < -0.4 is 4.74 Å². The summed E-state index contributed by atoms with van der Waals surface area (Å²) in [6.07, 6.45) is 2.67. The number of halogens is 2. The lowest BCUT2D eigenvalue weighted by atomic mass is 10.2. The number of methoxy groups -OCH3 is 1. The van der Waals surface area contributed by atoms with Crippen LogP contribution in [0.15, 0.2) is 24.4 Å². The zero-order chi connectivity index (χ0) is 13.8. The number of rotatable bonds is 5. The number of hydrogen-bond donors (Lipinski definition) is 0. The third-order valence-electron chi connectivity index (χ3n) is 2.81. The van der Waals surface area contributed by atoms with E-state index in [1.54, 1.807) is 17.9 Å². The number of hydrogen-bond acceptors (Lipinski definition) is 3. The van der Waals surface area contributed by atoms with Crippen LogP contribution in [-0.4, -0.2) is 22.1 Å². The first-order chi connectivity index (χ1) is 9.13. The molecule has 19 heavy (non-hydrogen) atoms. The Morgan fingerprint density at radius 2 is 2.21 bits per heavy atom. The first-order valence-electron chi connectivity index (χ1n) is 6.00. The molecule has 2 aromatic rings. The largest absolute Gasteiger partial charge is 0.496 e. The van der Waals surface area contributed by atoms with Gasteiger partial charge in [-0.2, -0.15) is 0 Å². The van der Waals surface area contributed by atoms with E-state index in [0.29, 0.717) is 11.6 Å². The summed E-state index contributed by atoms with van der Waals surface area (Å²) in [5.41, 5.74) is 1.74. The maximum Gasteiger partial charge on any atom is 0.124 e. The highest BCUT2D eigenvalue weighted by molar-refractivity contribution is 6.30. The van der Waals surface area contributed by atoms with Gasteiger partial charge in [0.2, 0.25) is 0 Å². The summed E-state index contributed by atoms with van der Waals surface area (Å²) >= 11 is 12.1. The molecule has 0 bridgehead atoms. The van der Waals surface area contributed by atoms with Gasteiger partial charge in [-0.25, -0.2) is 4.68 Å². The van der Waals surface area contributed by atoms with E-state index < -0.39 is 0 Å². The van der Waals surface area contributed by atoms with Crippen molar-refractivity contribution in [2.24, 2.45) is 0 Å². The average molecular weight is 300 g/mol. The Bertz CT molecular complexity index is 557. The molecule has 1 unspecified atom stereocenters. The summed E-state index contributed by atoms with van der Waals surface area (Å²) in [4.78, 5) is 0. The smallest absolute Gasteiger partial charge is 0.124 e. The molecule has 0 saturated carbocycles. The molecular weight excluding hydrogens is 285 g/mol. The molecule has 1 aromatic carbocycles. The highest BCUT2D eigenvalue weighted by Gasteiger charge is 2.11. The minimum Gasteiger partial charge on any atom is -0.496 e. The summed E-state index contributed by atoms with van der Waals surface area (Å²) in [5, 5.41) is 8.70. The van der Waals surface area contributed by atoms with E-state index in [0.717, 1.165) is 23.4 Å². The Morgan fingerprint density at radius 1 is 1.42 bits per heavy atom. The summed E-state index contributed by atoms with van der Waals surface area (Å²) in [5.74, 6) is 0.777. The van der Waals surface area contributed by atoms with E-state index in [1.807, 2.05) is 25.3 Å². The highest BCUT2D eigenvalue weighted by atomic mass is 35.5. The topological polar surface area (TPSA) is 39.9 Å². The summed E-state index contributed by atoms with van der Waals surface area (Å²) < 4.78 is 7.03. The average Bonchev–Trinajstić information content (AvgIpc) is 2.86. The van der Waals surface area contributed by atoms with Gasteiger partial charge in [0.25, 0.3) is 0 Å². The van der Waals surface area contributed by atoms with Crippen molar-refractivity contribution in [2.75, 3.05) is 7.11 Å². The molecule has 0 aliphatic heterocycles. The van der Waals surface area contributed by atoms with Gasteiger partial charge in [-0.3, -0.25) is 0 Å². The molecule has 6 heteroatoms. The van der Waals surface area contributed by atoms with E-state index in [4.69, 9.17) is 27.9 Å². The van der Waals surface area contributed by atoms with Crippen molar-refractivity contribution in [1.82, 2.24) is 15.0 Å². The fourth-order valence-corrected chi connectivity index (χ4v) is 2.08. The molecule has 4 nitrogen and oxygen atoms in total. The molecule has 0 amide bonds. The second-order valence-electron chi connectivity index (χ2n) is 4.17. The normalized spacial score (nSPS) is 12.4. The number of benzene rings is 1. The zero-order valence-electron chi connectivity index (χ0n) is 10.8. The SMILES string of the molecule is CCC(Cl)c1cn(Cc2cc(Cl)ccc2OC)nn1. The van der Waals surface area contributed by atoms with Gasteiger partial charge >= 0.3 is 0 Å². The summed E-state index contributed by atoms with van der Waals surface area (Å²) in [6, 6.07) is 5.49. The number of ether oxygens (including phenoxy) is 1. The third-order valence-corrected chi connectivity index (χ3v) is 3.58. The van der Waals surface area contributed by atoms with Crippen LogP contribution in [0.1, 0.15) is 30.0 Å². The van der Waals surface area contributed by atoms with E-state index in [1.165, 1.54) is 0 Å².